The van der Waals surface area contributed by atoms with Crippen LogP contribution in [0.15, 0.2) is 24.3 Å². The van der Waals surface area contributed by atoms with Crippen molar-refractivity contribution in [3.05, 3.63) is 34.9 Å². The fourth-order valence-corrected chi connectivity index (χ4v) is 1.62. The molecule has 0 atom stereocenters. The van der Waals surface area contributed by atoms with Crippen LogP contribution in [0.2, 0.25) is 5.02 Å². The van der Waals surface area contributed by atoms with Crippen molar-refractivity contribution in [2.75, 3.05) is 6.61 Å². The van der Waals surface area contributed by atoms with Gasteiger partial charge in [0.15, 0.2) is 0 Å². The first kappa shape index (κ1) is 12.5. The normalized spacial score (nSPS) is 10.5. The molecule has 0 aliphatic heterocycles. The van der Waals surface area contributed by atoms with E-state index in [1.54, 1.807) is 0 Å². The maximum Gasteiger partial charge on any atom is 0.0731 e. The van der Waals surface area contributed by atoms with Crippen LogP contribution in [0, 0.1) is 0 Å². The van der Waals surface area contributed by atoms with Gasteiger partial charge in [-0.1, -0.05) is 56.0 Å². The van der Waals surface area contributed by atoms with E-state index in [1.807, 2.05) is 24.3 Å². The maximum atomic E-state index is 6.01. The second-order valence-electron chi connectivity index (χ2n) is 3.70. The molecule has 1 rings (SSSR count). The van der Waals surface area contributed by atoms with Crippen molar-refractivity contribution < 1.29 is 4.74 Å². The predicted octanol–water partition coefficient (Wildman–Crippen LogP) is 4.44. The molecular weight excluding hydrogens is 208 g/mol. The quantitative estimate of drug-likeness (QED) is 0.625. The van der Waals surface area contributed by atoms with E-state index in [4.69, 9.17) is 16.3 Å². The van der Waals surface area contributed by atoms with E-state index in [2.05, 4.69) is 6.92 Å². The summed E-state index contributed by atoms with van der Waals surface area (Å²) in [6, 6.07) is 7.83. The lowest BCUT2D eigenvalue weighted by Gasteiger charge is -2.05. The van der Waals surface area contributed by atoms with Gasteiger partial charge in [-0.15, -0.1) is 0 Å². The second-order valence-corrected chi connectivity index (χ2v) is 4.11. The Morgan fingerprint density at radius 3 is 2.67 bits per heavy atom. The molecule has 1 aromatic carbocycles. The highest BCUT2D eigenvalue weighted by atomic mass is 35.5. The van der Waals surface area contributed by atoms with Crippen LogP contribution in [0.25, 0.3) is 0 Å². The first-order valence-electron chi connectivity index (χ1n) is 5.65. The highest BCUT2D eigenvalue weighted by molar-refractivity contribution is 6.31. The summed E-state index contributed by atoms with van der Waals surface area (Å²) >= 11 is 6.01. The second kappa shape index (κ2) is 7.72. The summed E-state index contributed by atoms with van der Waals surface area (Å²) in [5, 5.41) is 0.797. The number of hydrogen-bond donors (Lipinski definition) is 0. The molecule has 0 bridgehead atoms. The van der Waals surface area contributed by atoms with Crippen LogP contribution in [0.3, 0.4) is 0 Å². The number of benzene rings is 1. The number of unbranched alkanes of at least 4 members (excludes halogenated alkanes) is 3. The Balaban J connectivity index is 2.12. The molecular formula is C13H19ClO. The molecule has 0 unspecified atom stereocenters. The summed E-state index contributed by atoms with van der Waals surface area (Å²) in [5.74, 6) is 0. The molecule has 0 saturated carbocycles. The lowest BCUT2D eigenvalue weighted by Crippen LogP contribution is -1.96. The van der Waals surface area contributed by atoms with Crippen LogP contribution >= 0.6 is 11.6 Å². The maximum absolute atomic E-state index is 6.01. The minimum Gasteiger partial charge on any atom is -0.377 e. The van der Waals surface area contributed by atoms with Crippen LogP contribution < -0.4 is 0 Å². The van der Waals surface area contributed by atoms with Crippen LogP contribution in [-0.2, 0) is 11.3 Å². The largest absolute Gasteiger partial charge is 0.377 e. The first-order chi connectivity index (χ1) is 7.34. The van der Waals surface area contributed by atoms with Crippen molar-refractivity contribution in [2.45, 2.75) is 39.2 Å². The molecule has 1 aromatic rings. The highest BCUT2D eigenvalue weighted by Gasteiger charge is 1.98. The van der Waals surface area contributed by atoms with Gasteiger partial charge >= 0.3 is 0 Å². The van der Waals surface area contributed by atoms with Gasteiger partial charge in [-0.2, -0.15) is 0 Å². The zero-order valence-electron chi connectivity index (χ0n) is 9.34. The Kier molecular flexibility index (Phi) is 6.45. The Hall–Kier alpha value is -0.530. The van der Waals surface area contributed by atoms with E-state index in [0.717, 1.165) is 23.6 Å². The molecule has 0 aliphatic rings. The van der Waals surface area contributed by atoms with Crippen molar-refractivity contribution >= 4 is 11.6 Å². The summed E-state index contributed by atoms with van der Waals surface area (Å²) in [6.45, 7) is 3.68. The van der Waals surface area contributed by atoms with E-state index < -0.39 is 0 Å². The molecule has 0 N–H and O–H groups in total. The SMILES string of the molecule is CCCCCCOCc1ccccc1Cl. The van der Waals surface area contributed by atoms with Gasteiger partial charge in [0.25, 0.3) is 0 Å². The molecule has 0 spiro atoms. The molecule has 0 aromatic heterocycles. The molecule has 84 valence electrons. The molecule has 1 nitrogen and oxygen atoms in total. The van der Waals surface area contributed by atoms with Gasteiger partial charge in [-0.3, -0.25) is 0 Å². The van der Waals surface area contributed by atoms with E-state index >= 15 is 0 Å². The third-order valence-electron chi connectivity index (χ3n) is 2.36. The van der Waals surface area contributed by atoms with Gasteiger partial charge in [-0.05, 0) is 18.1 Å². The van der Waals surface area contributed by atoms with Gasteiger partial charge < -0.3 is 4.74 Å². The van der Waals surface area contributed by atoms with Crippen molar-refractivity contribution in [3.63, 3.8) is 0 Å². The monoisotopic (exact) mass is 226 g/mol. The Labute approximate surface area is 97.4 Å². The minimum absolute atomic E-state index is 0.631. The van der Waals surface area contributed by atoms with Crippen LogP contribution in [0.4, 0.5) is 0 Å². The third kappa shape index (κ3) is 5.19. The van der Waals surface area contributed by atoms with E-state index in [1.165, 1.54) is 19.3 Å². The van der Waals surface area contributed by atoms with Crippen LogP contribution in [0.5, 0.6) is 0 Å². The van der Waals surface area contributed by atoms with Gasteiger partial charge in [-0.25, -0.2) is 0 Å². The minimum atomic E-state index is 0.631. The molecule has 0 aliphatic carbocycles. The highest BCUT2D eigenvalue weighted by Crippen LogP contribution is 2.15. The van der Waals surface area contributed by atoms with E-state index in [9.17, 15) is 0 Å². The molecule has 15 heavy (non-hydrogen) atoms. The number of ether oxygens (including phenoxy) is 1. The van der Waals surface area contributed by atoms with E-state index in [-0.39, 0.29) is 0 Å². The van der Waals surface area contributed by atoms with Crippen LogP contribution in [-0.4, -0.2) is 6.61 Å². The average Bonchev–Trinajstić information content (AvgIpc) is 2.25. The van der Waals surface area contributed by atoms with Gasteiger partial charge in [0, 0.05) is 11.6 Å². The fourth-order valence-electron chi connectivity index (χ4n) is 1.43. The van der Waals surface area contributed by atoms with Gasteiger partial charge in [0.05, 0.1) is 6.61 Å². The van der Waals surface area contributed by atoms with Crippen molar-refractivity contribution in [1.82, 2.24) is 0 Å². The zero-order chi connectivity index (χ0) is 10.9. The van der Waals surface area contributed by atoms with Crippen molar-refractivity contribution in [2.24, 2.45) is 0 Å². The molecule has 0 amide bonds. The standard InChI is InChI=1S/C13H19ClO/c1-2-3-4-7-10-15-11-12-8-5-6-9-13(12)14/h5-6,8-9H,2-4,7,10-11H2,1H3. The molecule has 0 radical (unpaired) electrons. The molecule has 2 heteroatoms. The summed E-state index contributed by atoms with van der Waals surface area (Å²) in [5.41, 5.74) is 1.08. The summed E-state index contributed by atoms with van der Waals surface area (Å²) in [6.07, 6.45) is 4.98. The smallest absolute Gasteiger partial charge is 0.0731 e. The molecule has 0 saturated heterocycles. The summed E-state index contributed by atoms with van der Waals surface area (Å²) < 4.78 is 5.56. The lowest BCUT2D eigenvalue weighted by atomic mass is 10.2. The Morgan fingerprint density at radius 1 is 1.13 bits per heavy atom. The van der Waals surface area contributed by atoms with Gasteiger partial charge in [0.1, 0.15) is 0 Å². The Bertz CT molecular complexity index is 273. The van der Waals surface area contributed by atoms with Crippen molar-refractivity contribution in [1.29, 1.82) is 0 Å². The average molecular weight is 227 g/mol. The molecule has 0 heterocycles. The zero-order valence-corrected chi connectivity index (χ0v) is 10.1. The summed E-state index contributed by atoms with van der Waals surface area (Å²) in [4.78, 5) is 0. The number of hydrogen-bond acceptors (Lipinski definition) is 1. The topological polar surface area (TPSA) is 9.23 Å². The van der Waals surface area contributed by atoms with Crippen molar-refractivity contribution in [3.8, 4) is 0 Å². The molecule has 0 fully saturated rings. The fraction of sp³-hybridized carbons (Fsp3) is 0.538. The van der Waals surface area contributed by atoms with E-state index in [0.29, 0.717) is 6.61 Å². The number of halogens is 1. The summed E-state index contributed by atoms with van der Waals surface area (Å²) in [7, 11) is 0. The predicted molar refractivity (Wildman–Crippen MR) is 65.3 cm³/mol. The first-order valence-corrected chi connectivity index (χ1v) is 6.03. The van der Waals surface area contributed by atoms with Crippen LogP contribution in [0.1, 0.15) is 38.2 Å². The van der Waals surface area contributed by atoms with Gasteiger partial charge in [0.2, 0.25) is 0 Å². The number of rotatable bonds is 7. The lowest BCUT2D eigenvalue weighted by molar-refractivity contribution is 0.117. The Morgan fingerprint density at radius 2 is 1.93 bits per heavy atom. The third-order valence-corrected chi connectivity index (χ3v) is 2.73.